The summed E-state index contributed by atoms with van der Waals surface area (Å²) in [6.07, 6.45) is 3.54. The summed E-state index contributed by atoms with van der Waals surface area (Å²) in [4.78, 5) is 17.0. The standard InChI is InChI=1S/C17H23N3O3/c21-17(20-8-2-7-19-6-1-3-14(19)11-20)18-10-13-4-5-15-16(9-13)23-12-22-15/h4-5,9,14H,1-3,6-8,10-12H2,(H,18,21)/t14-/m1/s1. The molecule has 2 amide bonds. The lowest BCUT2D eigenvalue weighted by atomic mass is 10.2. The first-order chi connectivity index (χ1) is 11.3. The zero-order valence-corrected chi connectivity index (χ0v) is 13.3. The summed E-state index contributed by atoms with van der Waals surface area (Å²) in [5.74, 6) is 1.53. The summed E-state index contributed by atoms with van der Waals surface area (Å²) < 4.78 is 10.7. The van der Waals surface area contributed by atoms with Crippen molar-refractivity contribution in [1.29, 1.82) is 0 Å². The van der Waals surface area contributed by atoms with Crippen molar-refractivity contribution in [3.05, 3.63) is 23.8 Å². The molecule has 3 aliphatic heterocycles. The summed E-state index contributed by atoms with van der Waals surface area (Å²) in [5.41, 5.74) is 1.03. The number of rotatable bonds is 2. The van der Waals surface area contributed by atoms with Gasteiger partial charge in [0.2, 0.25) is 6.79 Å². The molecule has 4 rings (SSSR count). The van der Waals surface area contributed by atoms with E-state index in [9.17, 15) is 4.79 Å². The molecule has 0 unspecified atom stereocenters. The van der Waals surface area contributed by atoms with E-state index in [4.69, 9.17) is 9.47 Å². The molecule has 3 aliphatic rings. The predicted molar refractivity (Wildman–Crippen MR) is 85.6 cm³/mol. The molecule has 2 saturated heterocycles. The number of nitrogens with one attached hydrogen (secondary N) is 1. The molecule has 6 heteroatoms. The fraction of sp³-hybridized carbons (Fsp3) is 0.588. The number of hydrogen-bond acceptors (Lipinski definition) is 4. The van der Waals surface area contributed by atoms with Crippen LogP contribution in [-0.2, 0) is 6.54 Å². The van der Waals surface area contributed by atoms with Gasteiger partial charge in [-0.2, -0.15) is 0 Å². The number of carbonyl (C=O) groups is 1. The van der Waals surface area contributed by atoms with Crippen molar-refractivity contribution in [3.8, 4) is 11.5 Å². The molecular formula is C17H23N3O3. The normalized spacial score (nSPS) is 23.5. The van der Waals surface area contributed by atoms with Gasteiger partial charge in [0.25, 0.3) is 0 Å². The molecule has 1 aromatic rings. The fourth-order valence-electron chi connectivity index (χ4n) is 3.73. The van der Waals surface area contributed by atoms with Gasteiger partial charge in [-0.3, -0.25) is 4.90 Å². The highest BCUT2D eigenvalue weighted by molar-refractivity contribution is 5.74. The summed E-state index contributed by atoms with van der Waals surface area (Å²) in [7, 11) is 0. The molecule has 0 saturated carbocycles. The smallest absolute Gasteiger partial charge is 0.317 e. The number of fused-ring (bicyclic) bond motifs is 2. The Labute approximate surface area is 136 Å². The van der Waals surface area contributed by atoms with Crippen molar-refractivity contribution < 1.29 is 14.3 Å². The van der Waals surface area contributed by atoms with Crippen molar-refractivity contribution in [2.45, 2.75) is 31.8 Å². The third-order valence-corrected chi connectivity index (χ3v) is 4.97. The van der Waals surface area contributed by atoms with E-state index in [0.29, 0.717) is 12.6 Å². The minimum Gasteiger partial charge on any atom is -0.454 e. The lowest BCUT2D eigenvalue weighted by molar-refractivity contribution is 0.174. The van der Waals surface area contributed by atoms with Gasteiger partial charge in [-0.25, -0.2) is 4.79 Å². The van der Waals surface area contributed by atoms with Crippen LogP contribution in [-0.4, -0.2) is 54.8 Å². The lowest BCUT2D eigenvalue weighted by Gasteiger charge is -2.25. The molecular weight excluding hydrogens is 294 g/mol. The highest BCUT2D eigenvalue weighted by atomic mass is 16.7. The van der Waals surface area contributed by atoms with Gasteiger partial charge >= 0.3 is 6.03 Å². The number of amides is 2. The third-order valence-electron chi connectivity index (χ3n) is 4.97. The van der Waals surface area contributed by atoms with Crippen molar-refractivity contribution in [1.82, 2.24) is 15.1 Å². The van der Waals surface area contributed by atoms with E-state index in [0.717, 1.165) is 43.1 Å². The van der Waals surface area contributed by atoms with Crippen LogP contribution in [0.15, 0.2) is 18.2 Å². The van der Waals surface area contributed by atoms with Crippen LogP contribution in [0, 0.1) is 0 Å². The molecule has 0 spiro atoms. The first-order valence-electron chi connectivity index (χ1n) is 8.45. The molecule has 2 fully saturated rings. The van der Waals surface area contributed by atoms with Gasteiger partial charge in [-0.15, -0.1) is 0 Å². The first kappa shape index (κ1) is 14.6. The second kappa shape index (κ2) is 6.28. The Morgan fingerprint density at radius 1 is 1.17 bits per heavy atom. The second-order valence-electron chi connectivity index (χ2n) is 6.48. The molecule has 0 bridgehead atoms. The van der Waals surface area contributed by atoms with Crippen LogP contribution in [0.3, 0.4) is 0 Å². The average Bonchev–Trinajstić information content (AvgIpc) is 3.16. The Morgan fingerprint density at radius 3 is 3.00 bits per heavy atom. The Hall–Kier alpha value is -1.95. The highest BCUT2D eigenvalue weighted by Gasteiger charge is 2.30. The van der Waals surface area contributed by atoms with Gasteiger partial charge in [0.15, 0.2) is 11.5 Å². The summed E-state index contributed by atoms with van der Waals surface area (Å²) in [5, 5.41) is 3.04. The molecule has 23 heavy (non-hydrogen) atoms. The maximum Gasteiger partial charge on any atom is 0.317 e. The Bertz CT molecular complexity index is 592. The molecule has 0 aliphatic carbocycles. The van der Waals surface area contributed by atoms with Crippen molar-refractivity contribution in [2.24, 2.45) is 0 Å². The Kier molecular flexibility index (Phi) is 3.99. The van der Waals surface area contributed by atoms with E-state index in [1.54, 1.807) is 0 Å². The van der Waals surface area contributed by atoms with Crippen LogP contribution in [0.2, 0.25) is 0 Å². The van der Waals surface area contributed by atoms with Crippen LogP contribution in [0.5, 0.6) is 11.5 Å². The number of benzene rings is 1. The van der Waals surface area contributed by atoms with E-state index in [-0.39, 0.29) is 12.8 Å². The van der Waals surface area contributed by atoms with Crippen LogP contribution in [0.1, 0.15) is 24.8 Å². The van der Waals surface area contributed by atoms with Gasteiger partial charge < -0.3 is 19.7 Å². The van der Waals surface area contributed by atoms with Crippen molar-refractivity contribution in [2.75, 3.05) is 33.0 Å². The monoisotopic (exact) mass is 317 g/mol. The van der Waals surface area contributed by atoms with Crippen LogP contribution < -0.4 is 14.8 Å². The zero-order chi connectivity index (χ0) is 15.6. The van der Waals surface area contributed by atoms with Gasteiger partial charge in [-0.1, -0.05) is 6.07 Å². The van der Waals surface area contributed by atoms with Gasteiger partial charge in [0, 0.05) is 32.2 Å². The van der Waals surface area contributed by atoms with E-state index >= 15 is 0 Å². The van der Waals surface area contributed by atoms with Crippen LogP contribution in [0.25, 0.3) is 0 Å². The second-order valence-corrected chi connectivity index (χ2v) is 6.48. The third kappa shape index (κ3) is 3.08. The van der Waals surface area contributed by atoms with E-state index in [2.05, 4.69) is 10.2 Å². The number of ether oxygens (including phenoxy) is 2. The predicted octanol–water partition coefficient (Wildman–Crippen LogP) is 1.79. The lowest BCUT2D eigenvalue weighted by Crippen LogP contribution is -2.44. The van der Waals surface area contributed by atoms with E-state index < -0.39 is 0 Å². The summed E-state index contributed by atoms with van der Waals surface area (Å²) >= 11 is 0. The summed E-state index contributed by atoms with van der Waals surface area (Å²) in [6, 6.07) is 6.38. The molecule has 124 valence electrons. The Balaban J connectivity index is 1.34. The van der Waals surface area contributed by atoms with Crippen LogP contribution in [0.4, 0.5) is 4.79 Å². The van der Waals surface area contributed by atoms with Crippen molar-refractivity contribution >= 4 is 6.03 Å². The number of hydrogen-bond donors (Lipinski definition) is 1. The van der Waals surface area contributed by atoms with Gasteiger partial charge in [0.05, 0.1) is 0 Å². The van der Waals surface area contributed by atoms with Gasteiger partial charge in [-0.05, 0) is 43.5 Å². The Morgan fingerprint density at radius 2 is 2.04 bits per heavy atom. The quantitative estimate of drug-likeness (QED) is 0.904. The van der Waals surface area contributed by atoms with Gasteiger partial charge in [0.1, 0.15) is 0 Å². The molecule has 6 nitrogen and oxygen atoms in total. The fourth-order valence-corrected chi connectivity index (χ4v) is 3.73. The average molecular weight is 317 g/mol. The maximum absolute atomic E-state index is 12.5. The topological polar surface area (TPSA) is 54.0 Å². The molecule has 1 atom stereocenters. The molecule has 1 N–H and O–H groups in total. The molecule has 0 radical (unpaired) electrons. The highest BCUT2D eigenvalue weighted by Crippen LogP contribution is 2.32. The number of urea groups is 1. The number of nitrogens with zero attached hydrogens (tertiary/aromatic N) is 2. The zero-order valence-electron chi connectivity index (χ0n) is 13.3. The SMILES string of the molecule is O=C(NCc1ccc2c(c1)OCO2)N1CCCN2CCC[C@@H]2C1. The first-order valence-corrected chi connectivity index (χ1v) is 8.45. The minimum absolute atomic E-state index is 0.0383. The largest absolute Gasteiger partial charge is 0.454 e. The van der Waals surface area contributed by atoms with Crippen LogP contribution >= 0.6 is 0 Å². The van der Waals surface area contributed by atoms with E-state index in [1.807, 2.05) is 23.1 Å². The summed E-state index contributed by atoms with van der Waals surface area (Å²) in [6.45, 7) is 4.80. The maximum atomic E-state index is 12.5. The minimum atomic E-state index is 0.0383. The van der Waals surface area contributed by atoms with Crippen molar-refractivity contribution in [3.63, 3.8) is 0 Å². The van der Waals surface area contributed by atoms with E-state index in [1.165, 1.54) is 19.4 Å². The molecule has 0 aromatic heterocycles. The molecule has 1 aromatic carbocycles. The molecule has 3 heterocycles. The number of carbonyl (C=O) groups excluding carboxylic acids is 1.